The molecule has 2 N–H and O–H groups in total. The topological polar surface area (TPSA) is 49.7 Å². The van der Waals surface area contributed by atoms with Gasteiger partial charge in [-0.25, -0.2) is 0 Å². The van der Waals surface area contributed by atoms with E-state index < -0.39 is 8.80 Å². The van der Waals surface area contributed by atoms with E-state index in [-0.39, 0.29) is 9.76 Å². The Labute approximate surface area is 46.3 Å². The van der Waals surface area contributed by atoms with Crippen LogP contribution < -0.4 is 0 Å². The fraction of sp³-hybridized carbons (Fsp3) is 1.00. The van der Waals surface area contributed by atoms with Crippen molar-refractivity contribution >= 4 is 18.6 Å². The summed E-state index contributed by atoms with van der Waals surface area (Å²) < 4.78 is 4.51. The van der Waals surface area contributed by atoms with Crippen LogP contribution in [0.5, 0.6) is 0 Å². The minimum atomic E-state index is -3.14. The van der Waals surface area contributed by atoms with E-state index >= 15 is 0 Å². The van der Waals surface area contributed by atoms with Crippen molar-refractivity contribution in [1.82, 2.24) is 0 Å². The average Bonchev–Trinajstić information content (AvgIpc) is 1.30. The lowest BCUT2D eigenvalue weighted by Crippen LogP contribution is -2.35. The van der Waals surface area contributed by atoms with Crippen molar-refractivity contribution in [2.24, 2.45) is 0 Å². The normalized spacial score (nSPS) is 12.0. The molecule has 0 aliphatic heterocycles. The Kier molecular flexibility index (Phi) is 2.69. The third-order valence-corrected chi connectivity index (χ3v) is 2.66. The average molecular weight is 136 g/mol. The molecule has 0 aromatic heterocycles. The van der Waals surface area contributed by atoms with E-state index in [0.29, 0.717) is 0 Å². The minimum Gasteiger partial charge on any atom is -0.416 e. The van der Waals surface area contributed by atoms with Crippen LogP contribution in [0.15, 0.2) is 0 Å². The van der Waals surface area contributed by atoms with Gasteiger partial charge in [0.2, 0.25) is 9.76 Å². The van der Waals surface area contributed by atoms with Crippen molar-refractivity contribution in [1.29, 1.82) is 0 Å². The predicted molar refractivity (Wildman–Crippen MR) is 28.8 cm³/mol. The van der Waals surface area contributed by atoms with E-state index in [1.54, 1.807) is 6.55 Å². The fourth-order valence-electron chi connectivity index (χ4n) is 0.193. The van der Waals surface area contributed by atoms with Gasteiger partial charge in [-0.2, -0.15) is 0 Å². The van der Waals surface area contributed by atoms with Crippen LogP contribution in [0.25, 0.3) is 0 Å². The fourth-order valence-corrected chi connectivity index (χ4v) is 1.74. The third-order valence-electron chi connectivity index (χ3n) is 0.295. The van der Waals surface area contributed by atoms with Gasteiger partial charge in [0.05, 0.1) is 0 Å². The molecule has 0 bridgehead atoms. The first-order valence-electron chi connectivity index (χ1n) is 1.86. The first kappa shape index (κ1) is 7.31. The molecule has 42 valence electrons. The lowest BCUT2D eigenvalue weighted by atomic mass is 11.9. The van der Waals surface area contributed by atoms with Crippen LogP contribution in [0.1, 0.15) is 0 Å². The molecule has 0 aromatic carbocycles. The molecule has 0 aliphatic rings. The molecule has 0 spiro atoms. The van der Waals surface area contributed by atoms with E-state index in [1.807, 2.05) is 0 Å². The lowest BCUT2D eigenvalue weighted by Gasteiger charge is -2.08. The van der Waals surface area contributed by atoms with Gasteiger partial charge < -0.3 is 13.7 Å². The summed E-state index contributed by atoms with van der Waals surface area (Å²) in [5.74, 6) is 0. The summed E-state index contributed by atoms with van der Waals surface area (Å²) in [5.41, 5.74) is 0. The standard InChI is InChI=1S/C2H8O3Si2/c1-6-5-7(2,3)4/h3-4H,1-2H3. The second kappa shape index (κ2) is 2.58. The van der Waals surface area contributed by atoms with Crippen molar-refractivity contribution in [3.8, 4) is 0 Å². The van der Waals surface area contributed by atoms with Gasteiger partial charge in [0.15, 0.2) is 0 Å². The van der Waals surface area contributed by atoms with E-state index in [2.05, 4.69) is 4.12 Å². The quantitative estimate of drug-likeness (QED) is 0.490. The molecule has 7 heavy (non-hydrogen) atoms. The molecule has 0 atom stereocenters. The van der Waals surface area contributed by atoms with Crippen LogP contribution >= 0.6 is 0 Å². The highest BCUT2D eigenvalue weighted by molar-refractivity contribution is 6.61. The van der Waals surface area contributed by atoms with E-state index in [1.165, 1.54) is 6.55 Å². The zero-order chi connectivity index (χ0) is 5.91. The minimum absolute atomic E-state index is 0.171. The Balaban J connectivity index is 3.15. The SMILES string of the molecule is C[Si]O[Si](C)(O)O. The highest BCUT2D eigenvalue weighted by Gasteiger charge is 2.21. The molecule has 0 unspecified atom stereocenters. The van der Waals surface area contributed by atoms with E-state index in [9.17, 15) is 0 Å². The molecule has 0 aromatic rings. The summed E-state index contributed by atoms with van der Waals surface area (Å²) in [5, 5.41) is 0. The molecular weight excluding hydrogens is 128 g/mol. The first-order chi connectivity index (χ1) is 3.06. The van der Waals surface area contributed by atoms with Gasteiger partial charge in [-0.05, 0) is 6.55 Å². The third kappa shape index (κ3) is 6.31. The molecule has 0 aliphatic carbocycles. The molecule has 0 rings (SSSR count). The summed E-state index contributed by atoms with van der Waals surface area (Å²) in [6.45, 7) is 3.06. The second-order valence-electron chi connectivity index (χ2n) is 1.24. The number of rotatable bonds is 2. The Hall–Kier alpha value is 0.314. The molecule has 5 heteroatoms. The Bertz CT molecular complexity index is 49.4. The number of hydrogen-bond acceptors (Lipinski definition) is 3. The Morgan fingerprint density at radius 2 is 2.00 bits per heavy atom. The van der Waals surface area contributed by atoms with Crippen LogP contribution in [-0.2, 0) is 4.12 Å². The summed E-state index contributed by atoms with van der Waals surface area (Å²) in [7, 11) is -2.97. The summed E-state index contributed by atoms with van der Waals surface area (Å²) in [6, 6.07) is 0. The largest absolute Gasteiger partial charge is 0.481 e. The maximum Gasteiger partial charge on any atom is 0.481 e. The Morgan fingerprint density at radius 1 is 1.57 bits per heavy atom. The molecule has 0 saturated carbocycles. The van der Waals surface area contributed by atoms with Gasteiger partial charge in [0.1, 0.15) is 0 Å². The van der Waals surface area contributed by atoms with Gasteiger partial charge in [-0.15, -0.1) is 0 Å². The molecule has 0 heterocycles. The maximum absolute atomic E-state index is 8.50. The van der Waals surface area contributed by atoms with Crippen molar-refractivity contribution in [3.05, 3.63) is 0 Å². The van der Waals surface area contributed by atoms with Crippen LogP contribution in [0, 0.1) is 0 Å². The second-order valence-corrected chi connectivity index (χ2v) is 4.33. The zero-order valence-corrected chi connectivity index (χ0v) is 6.30. The smallest absolute Gasteiger partial charge is 0.416 e. The van der Waals surface area contributed by atoms with E-state index in [0.717, 1.165) is 0 Å². The number of hydrogen-bond donors (Lipinski definition) is 2. The summed E-state index contributed by atoms with van der Waals surface area (Å²) in [4.78, 5) is 17.0. The molecule has 0 fully saturated rings. The first-order valence-corrected chi connectivity index (χ1v) is 5.57. The van der Waals surface area contributed by atoms with Crippen LogP contribution in [0.2, 0.25) is 13.1 Å². The van der Waals surface area contributed by atoms with Crippen molar-refractivity contribution < 1.29 is 13.7 Å². The van der Waals surface area contributed by atoms with Crippen LogP contribution in [-0.4, -0.2) is 28.2 Å². The van der Waals surface area contributed by atoms with Gasteiger partial charge in [0, 0.05) is 6.55 Å². The van der Waals surface area contributed by atoms with Crippen molar-refractivity contribution in [3.63, 3.8) is 0 Å². The van der Waals surface area contributed by atoms with Crippen LogP contribution in [0.4, 0.5) is 0 Å². The molecule has 0 saturated heterocycles. The predicted octanol–water partition coefficient (Wildman–Crippen LogP) is -0.776. The molecule has 3 nitrogen and oxygen atoms in total. The maximum atomic E-state index is 8.50. The highest BCUT2D eigenvalue weighted by Crippen LogP contribution is 1.88. The lowest BCUT2D eigenvalue weighted by molar-refractivity contribution is 0.256. The zero-order valence-electron chi connectivity index (χ0n) is 4.30. The molecular formula is C2H8O3Si2. The van der Waals surface area contributed by atoms with Crippen LogP contribution in [0.3, 0.4) is 0 Å². The molecule has 2 radical (unpaired) electrons. The van der Waals surface area contributed by atoms with Gasteiger partial charge in [-0.1, -0.05) is 0 Å². The van der Waals surface area contributed by atoms with Gasteiger partial charge in [-0.3, -0.25) is 0 Å². The Morgan fingerprint density at radius 3 is 2.00 bits per heavy atom. The van der Waals surface area contributed by atoms with Gasteiger partial charge >= 0.3 is 8.80 Å². The van der Waals surface area contributed by atoms with E-state index in [4.69, 9.17) is 9.59 Å². The molecule has 0 amide bonds. The monoisotopic (exact) mass is 136 g/mol. The summed E-state index contributed by atoms with van der Waals surface area (Å²) in [6.07, 6.45) is 0. The van der Waals surface area contributed by atoms with Gasteiger partial charge in [0.25, 0.3) is 0 Å². The highest BCUT2D eigenvalue weighted by atomic mass is 28.4. The van der Waals surface area contributed by atoms with Crippen molar-refractivity contribution in [2.45, 2.75) is 13.1 Å². The van der Waals surface area contributed by atoms with Crippen molar-refractivity contribution in [2.75, 3.05) is 0 Å². The summed E-state index contributed by atoms with van der Waals surface area (Å²) >= 11 is 0.